The van der Waals surface area contributed by atoms with Crippen molar-refractivity contribution in [1.82, 2.24) is 0 Å². The summed E-state index contributed by atoms with van der Waals surface area (Å²) >= 11 is 12.9. The van der Waals surface area contributed by atoms with Gasteiger partial charge in [-0.2, -0.15) is 0 Å². The summed E-state index contributed by atoms with van der Waals surface area (Å²) < 4.78 is 0. The molecule has 0 saturated heterocycles. The fraction of sp³-hybridized carbons (Fsp3) is 1.00. The number of hydrogen-bond acceptors (Lipinski definition) is 8. The third kappa shape index (κ3) is 4.50. The van der Waals surface area contributed by atoms with Crippen LogP contribution in [0.4, 0.5) is 0 Å². The second-order valence-electron chi connectivity index (χ2n) is 13.0. The van der Waals surface area contributed by atoms with Crippen LogP contribution < -0.4 is 0 Å². The van der Waals surface area contributed by atoms with E-state index in [1.807, 2.05) is 0 Å². The van der Waals surface area contributed by atoms with E-state index in [2.05, 4.69) is 0 Å². The number of rotatable bonds is 3. The average Bonchev–Trinajstić information content (AvgIpc) is 2.83. The molecule has 0 heterocycles. The van der Waals surface area contributed by atoms with Gasteiger partial charge in [0.25, 0.3) is 0 Å². The van der Waals surface area contributed by atoms with Gasteiger partial charge in [-0.15, -0.1) is 23.2 Å². The third-order valence-corrected chi connectivity index (χ3v) is 12.4. The molecule has 0 aromatic rings. The summed E-state index contributed by atoms with van der Waals surface area (Å²) in [5.41, 5.74) is -2.22. The van der Waals surface area contributed by atoms with E-state index in [4.69, 9.17) is 23.2 Å². The molecule has 8 nitrogen and oxygen atoms in total. The maximum atomic E-state index is 11.8. The standard InChI is InChI=1S/C27H44Cl2O8/c1-10(30)19-18(32)9-14-23(33)21-13(7-11-5-6-15(28)16(29)8-11)12-3-2-4-17(31)20(12)24(34)22(21)26(36)27(14,37)25(19)35/h10-26,30-37H,2-9H2,1H3/t10?,11?,12?,13?,14-,15?,16?,17?,18?,19?,20?,21-,22?,23-,24?,25?,26?,27-/m1/s1. The van der Waals surface area contributed by atoms with Crippen molar-refractivity contribution in [2.24, 2.45) is 47.3 Å². The van der Waals surface area contributed by atoms with Gasteiger partial charge in [0.15, 0.2) is 0 Å². The molecule has 0 aromatic heterocycles. The molecule has 5 fully saturated rings. The maximum Gasteiger partial charge on any atom is 0.122 e. The number of halogens is 2. The van der Waals surface area contributed by atoms with Crippen LogP contribution in [-0.4, -0.2) is 99.9 Å². The molecule has 0 amide bonds. The highest BCUT2D eigenvalue weighted by Gasteiger charge is 2.70. The Morgan fingerprint density at radius 3 is 2.14 bits per heavy atom. The van der Waals surface area contributed by atoms with E-state index >= 15 is 0 Å². The molecule has 37 heavy (non-hydrogen) atoms. The van der Waals surface area contributed by atoms with E-state index in [0.717, 1.165) is 32.1 Å². The molecule has 214 valence electrons. The Morgan fingerprint density at radius 2 is 1.49 bits per heavy atom. The summed E-state index contributed by atoms with van der Waals surface area (Å²) in [4.78, 5) is 0. The average molecular weight is 568 g/mol. The fourth-order valence-corrected chi connectivity index (χ4v) is 10.2. The molecular weight excluding hydrogens is 523 g/mol. The molecule has 0 aromatic carbocycles. The van der Waals surface area contributed by atoms with Crippen molar-refractivity contribution in [2.75, 3.05) is 0 Å². The van der Waals surface area contributed by atoms with E-state index < -0.39 is 77.9 Å². The minimum Gasteiger partial charge on any atom is -0.393 e. The molecule has 5 aliphatic carbocycles. The zero-order valence-corrected chi connectivity index (χ0v) is 22.8. The summed E-state index contributed by atoms with van der Waals surface area (Å²) in [6.07, 6.45) is -3.68. The second-order valence-corrected chi connectivity index (χ2v) is 14.1. The number of aliphatic hydroxyl groups excluding tert-OH is 7. The summed E-state index contributed by atoms with van der Waals surface area (Å²) in [5.74, 6) is -4.22. The van der Waals surface area contributed by atoms with Crippen LogP contribution in [0.2, 0.25) is 0 Å². The van der Waals surface area contributed by atoms with E-state index in [9.17, 15) is 40.9 Å². The topological polar surface area (TPSA) is 162 Å². The van der Waals surface area contributed by atoms with E-state index in [-0.39, 0.29) is 34.9 Å². The molecule has 0 radical (unpaired) electrons. The lowest BCUT2D eigenvalue weighted by molar-refractivity contribution is -0.324. The smallest absolute Gasteiger partial charge is 0.122 e. The van der Waals surface area contributed by atoms with E-state index in [1.54, 1.807) is 0 Å². The normalized spacial score (nSPS) is 59.1. The Labute approximate surface area is 228 Å². The Morgan fingerprint density at radius 1 is 0.784 bits per heavy atom. The molecule has 10 heteroatoms. The Bertz CT molecular complexity index is 819. The number of hydrogen-bond donors (Lipinski definition) is 8. The van der Waals surface area contributed by atoms with Crippen LogP contribution in [0, 0.1) is 47.3 Å². The molecule has 0 bridgehead atoms. The highest BCUT2D eigenvalue weighted by atomic mass is 35.5. The highest BCUT2D eigenvalue weighted by Crippen LogP contribution is 2.60. The fourth-order valence-electron chi connectivity index (χ4n) is 9.55. The third-order valence-electron chi connectivity index (χ3n) is 11.2. The van der Waals surface area contributed by atoms with Crippen molar-refractivity contribution in [3.63, 3.8) is 0 Å². The lowest BCUT2D eigenvalue weighted by Crippen LogP contribution is -2.77. The van der Waals surface area contributed by atoms with Gasteiger partial charge < -0.3 is 40.9 Å². The van der Waals surface area contributed by atoms with Gasteiger partial charge in [0.05, 0.1) is 48.1 Å². The molecule has 0 spiro atoms. The first kappa shape index (κ1) is 28.8. The number of alkyl halides is 2. The first-order valence-corrected chi connectivity index (χ1v) is 15.0. The quantitative estimate of drug-likeness (QED) is 0.230. The molecular formula is C27H44Cl2O8. The molecule has 5 saturated carbocycles. The van der Waals surface area contributed by atoms with Gasteiger partial charge in [-0.3, -0.25) is 0 Å². The van der Waals surface area contributed by atoms with Crippen LogP contribution in [0.1, 0.15) is 58.3 Å². The van der Waals surface area contributed by atoms with Crippen LogP contribution in [-0.2, 0) is 0 Å². The van der Waals surface area contributed by atoms with Crippen LogP contribution in [0.15, 0.2) is 0 Å². The SMILES string of the molecule is CC(O)C1C(O)C[C@@H]2[C@@H](O)[C@@H]3C(CC4CCC(Cl)C(Cl)C4)C4CCCC(O)C4C(O)C3C(O)[C@]2(O)C1O. The summed E-state index contributed by atoms with van der Waals surface area (Å²) in [7, 11) is 0. The second kappa shape index (κ2) is 10.6. The van der Waals surface area contributed by atoms with Gasteiger partial charge in [-0.1, -0.05) is 6.42 Å². The van der Waals surface area contributed by atoms with Crippen molar-refractivity contribution in [2.45, 2.75) is 117 Å². The number of aliphatic hydroxyl groups is 8. The van der Waals surface area contributed by atoms with Gasteiger partial charge in [0.1, 0.15) is 5.60 Å². The lowest BCUT2D eigenvalue weighted by Gasteiger charge is -2.65. The van der Waals surface area contributed by atoms with Crippen LogP contribution >= 0.6 is 23.2 Å². The van der Waals surface area contributed by atoms with Crippen LogP contribution in [0.3, 0.4) is 0 Å². The minimum absolute atomic E-state index is 0.0702. The largest absolute Gasteiger partial charge is 0.393 e. The summed E-state index contributed by atoms with van der Waals surface area (Å²) in [6.45, 7) is 1.41. The van der Waals surface area contributed by atoms with Crippen molar-refractivity contribution < 1.29 is 40.9 Å². The lowest BCUT2D eigenvalue weighted by atomic mass is 9.44. The summed E-state index contributed by atoms with van der Waals surface area (Å²) in [5, 5.41) is 90.0. The zero-order chi connectivity index (χ0) is 27.0. The Balaban J connectivity index is 1.53. The van der Waals surface area contributed by atoms with Gasteiger partial charge in [-0.05, 0) is 75.5 Å². The van der Waals surface area contributed by atoms with E-state index in [1.165, 1.54) is 6.92 Å². The van der Waals surface area contributed by atoms with Crippen molar-refractivity contribution in [3.8, 4) is 0 Å². The van der Waals surface area contributed by atoms with Gasteiger partial charge in [0.2, 0.25) is 0 Å². The number of fused-ring (bicyclic) bond motifs is 3. The van der Waals surface area contributed by atoms with Gasteiger partial charge >= 0.3 is 0 Å². The van der Waals surface area contributed by atoms with Gasteiger partial charge in [-0.25, -0.2) is 0 Å². The minimum atomic E-state index is -2.22. The van der Waals surface area contributed by atoms with Crippen molar-refractivity contribution in [1.29, 1.82) is 0 Å². The first-order chi connectivity index (χ1) is 17.4. The van der Waals surface area contributed by atoms with Crippen LogP contribution in [0.5, 0.6) is 0 Å². The van der Waals surface area contributed by atoms with Crippen LogP contribution in [0.25, 0.3) is 0 Å². The highest BCUT2D eigenvalue weighted by molar-refractivity contribution is 6.30. The first-order valence-electron chi connectivity index (χ1n) is 14.2. The van der Waals surface area contributed by atoms with Crippen molar-refractivity contribution >= 4 is 23.2 Å². The van der Waals surface area contributed by atoms with E-state index in [0.29, 0.717) is 12.8 Å². The maximum absolute atomic E-state index is 11.8. The zero-order valence-electron chi connectivity index (χ0n) is 21.3. The molecule has 8 N–H and O–H groups in total. The molecule has 5 rings (SSSR count). The predicted octanol–water partition coefficient (Wildman–Crippen LogP) is 0.597. The Kier molecular flexibility index (Phi) is 8.23. The van der Waals surface area contributed by atoms with Crippen molar-refractivity contribution in [3.05, 3.63) is 0 Å². The molecule has 14 unspecified atom stereocenters. The molecule has 5 aliphatic rings. The Hall–Kier alpha value is 0.260. The van der Waals surface area contributed by atoms with Gasteiger partial charge in [0, 0.05) is 29.0 Å². The summed E-state index contributed by atoms with van der Waals surface area (Å²) in [6, 6.07) is 0. The monoisotopic (exact) mass is 566 g/mol. The molecule has 18 atom stereocenters. The predicted molar refractivity (Wildman–Crippen MR) is 137 cm³/mol. The molecule has 0 aliphatic heterocycles.